The molecule has 0 spiro atoms. The molecule has 182 valence electrons. The van der Waals surface area contributed by atoms with Gasteiger partial charge in [-0.15, -0.1) is 0 Å². The third-order valence-corrected chi connectivity index (χ3v) is 8.29. The van der Waals surface area contributed by atoms with Crippen molar-refractivity contribution in [2.75, 3.05) is 14.1 Å². The highest BCUT2D eigenvalue weighted by atomic mass is 16.3. The van der Waals surface area contributed by atoms with Crippen molar-refractivity contribution in [3.05, 3.63) is 29.3 Å². The van der Waals surface area contributed by atoms with Crippen molar-refractivity contribution in [2.24, 2.45) is 29.4 Å². The van der Waals surface area contributed by atoms with Crippen molar-refractivity contribution >= 4 is 29.0 Å². The molecule has 0 aliphatic heterocycles. The largest absolute Gasteiger partial charge is 0.507 e. The molecule has 0 heterocycles. The maximum atomic E-state index is 13.9. The Hall–Kier alpha value is -2.95. The number of hydrogen-bond acceptors (Lipinski definition) is 9. The molecule has 8 atom stereocenters. The molecule has 1 aromatic rings. The van der Waals surface area contributed by atoms with Gasteiger partial charge in [-0.25, -0.2) is 0 Å². The van der Waals surface area contributed by atoms with Crippen LogP contribution in [0, 0.1) is 23.7 Å². The van der Waals surface area contributed by atoms with Gasteiger partial charge < -0.3 is 21.1 Å². The first kappa shape index (κ1) is 24.2. The smallest absolute Gasteiger partial charge is 0.235 e. The van der Waals surface area contributed by atoms with Gasteiger partial charge in [0, 0.05) is 5.92 Å². The fourth-order valence-electron chi connectivity index (χ4n) is 6.54. The molecule has 1 aromatic carbocycles. The Kier molecular flexibility index (Phi) is 5.35. The van der Waals surface area contributed by atoms with E-state index in [0.29, 0.717) is 12.0 Å². The van der Waals surface area contributed by atoms with E-state index in [2.05, 4.69) is 0 Å². The molecule has 4 rings (SSSR count). The molecule has 3 aliphatic carbocycles. The summed E-state index contributed by atoms with van der Waals surface area (Å²) in [5.41, 5.74) is 1.61. The molecule has 0 saturated heterocycles. The quantitative estimate of drug-likeness (QED) is 0.401. The molecule has 0 radical (unpaired) electrons. The zero-order valence-electron chi connectivity index (χ0n) is 19.3. The third kappa shape index (κ3) is 2.70. The summed E-state index contributed by atoms with van der Waals surface area (Å²) in [4.78, 5) is 67.3. The summed E-state index contributed by atoms with van der Waals surface area (Å²) < 4.78 is 0. The number of benzene rings is 1. The van der Waals surface area contributed by atoms with E-state index in [-0.39, 0.29) is 11.3 Å². The van der Waals surface area contributed by atoms with Gasteiger partial charge in [0.1, 0.15) is 5.75 Å². The number of likely N-dealkylation sites (N-methyl/N-ethyl adjacent to an activating group) is 1. The predicted molar refractivity (Wildman–Crippen MR) is 117 cm³/mol. The first-order valence-corrected chi connectivity index (χ1v) is 11.1. The van der Waals surface area contributed by atoms with Crippen LogP contribution in [-0.2, 0) is 24.6 Å². The minimum absolute atomic E-state index is 0.106. The molecule has 2 saturated carbocycles. The summed E-state index contributed by atoms with van der Waals surface area (Å²) in [7, 11) is 2.91. The fraction of sp³-hybridized carbons (Fsp3) is 0.542. The summed E-state index contributed by atoms with van der Waals surface area (Å²) in [6.07, 6.45) is -1.31. The predicted octanol–water partition coefficient (Wildman–Crippen LogP) is -1.04. The van der Waals surface area contributed by atoms with E-state index in [1.54, 1.807) is 26.0 Å². The van der Waals surface area contributed by atoms with Crippen LogP contribution < -0.4 is 5.73 Å². The van der Waals surface area contributed by atoms with Gasteiger partial charge in [0.2, 0.25) is 5.91 Å². The molecular weight excluding hydrogens is 444 g/mol. The number of aliphatic hydroxyl groups is 2. The van der Waals surface area contributed by atoms with Gasteiger partial charge in [0.15, 0.2) is 34.7 Å². The molecule has 10 heteroatoms. The van der Waals surface area contributed by atoms with E-state index in [9.17, 15) is 39.3 Å². The van der Waals surface area contributed by atoms with Gasteiger partial charge >= 0.3 is 0 Å². The lowest BCUT2D eigenvalue weighted by Gasteiger charge is -2.58. The third-order valence-electron chi connectivity index (χ3n) is 8.29. The molecule has 2 fully saturated rings. The number of carbonyl (C=O) groups excluding carboxylic acids is 5. The first-order valence-electron chi connectivity index (χ1n) is 11.1. The van der Waals surface area contributed by atoms with Crippen molar-refractivity contribution < 1.29 is 39.3 Å². The van der Waals surface area contributed by atoms with Gasteiger partial charge in [-0.3, -0.25) is 28.9 Å². The minimum atomic E-state index is -2.99. The van der Waals surface area contributed by atoms with E-state index in [0.717, 1.165) is 0 Å². The number of hydrogen-bond donors (Lipinski definition) is 4. The first-order chi connectivity index (χ1) is 15.8. The number of nitrogens with zero attached hydrogens (tertiary/aromatic N) is 1. The number of aromatic hydroxyl groups is 1. The summed E-state index contributed by atoms with van der Waals surface area (Å²) in [5.74, 6) is -12.5. The Bertz CT molecular complexity index is 1150. The molecule has 4 unspecified atom stereocenters. The standard InChI is InChI=1S/C24H28N2O8/c1-5-23(2)9-7-6-8-10(27)11(9)17(28)12-14(23)19(30)15-16(26(3)4)18(29)13(22(25)33)21(32)24(15,34)20(12)31/h6-8,12-16,19,27,30,34H,5H2,1-4H3,(H2,25,33)/t12?,13?,14-,15-,16?,19+,23?,24+/m1/s1. The minimum Gasteiger partial charge on any atom is -0.507 e. The summed E-state index contributed by atoms with van der Waals surface area (Å²) in [6, 6.07) is 3.09. The lowest BCUT2D eigenvalue weighted by atomic mass is 9.45. The summed E-state index contributed by atoms with van der Waals surface area (Å²) in [5, 5.41) is 33.8. The van der Waals surface area contributed by atoms with Gasteiger partial charge in [-0.05, 0) is 37.6 Å². The van der Waals surface area contributed by atoms with Gasteiger partial charge in [-0.1, -0.05) is 26.0 Å². The topological polar surface area (TPSA) is 175 Å². The molecule has 1 amide bonds. The van der Waals surface area contributed by atoms with E-state index in [4.69, 9.17) is 5.73 Å². The van der Waals surface area contributed by atoms with Gasteiger partial charge in [-0.2, -0.15) is 0 Å². The van der Waals surface area contributed by atoms with Crippen LogP contribution in [0.4, 0.5) is 0 Å². The highest BCUT2D eigenvalue weighted by Crippen LogP contribution is 2.57. The Morgan fingerprint density at radius 2 is 1.74 bits per heavy atom. The zero-order chi connectivity index (χ0) is 25.5. The highest BCUT2D eigenvalue weighted by Gasteiger charge is 2.74. The number of carbonyl (C=O) groups is 5. The molecule has 5 N–H and O–H groups in total. The molecular formula is C24H28N2O8. The number of nitrogens with two attached hydrogens (primary N) is 1. The fourth-order valence-corrected chi connectivity index (χ4v) is 6.54. The van der Waals surface area contributed by atoms with Crippen LogP contribution in [0.3, 0.4) is 0 Å². The molecule has 10 nitrogen and oxygen atoms in total. The molecule has 0 bridgehead atoms. The van der Waals surface area contributed by atoms with Crippen molar-refractivity contribution in [2.45, 2.75) is 43.4 Å². The van der Waals surface area contributed by atoms with Gasteiger partial charge in [0.25, 0.3) is 0 Å². The van der Waals surface area contributed by atoms with E-state index in [1.807, 2.05) is 0 Å². The number of aliphatic hydroxyl groups excluding tert-OH is 1. The number of phenolic OH excluding ortho intramolecular Hbond substituents is 1. The van der Waals surface area contributed by atoms with E-state index < -0.39 is 75.9 Å². The maximum absolute atomic E-state index is 13.9. The number of rotatable bonds is 3. The monoisotopic (exact) mass is 472 g/mol. The Labute approximate surface area is 195 Å². The second-order valence-electron chi connectivity index (χ2n) is 10.00. The van der Waals surface area contributed by atoms with Crippen LogP contribution in [0.25, 0.3) is 0 Å². The van der Waals surface area contributed by atoms with E-state index in [1.165, 1.54) is 25.1 Å². The second-order valence-corrected chi connectivity index (χ2v) is 10.00. The number of amides is 1. The summed E-state index contributed by atoms with van der Waals surface area (Å²) in [6.45, 7) is 3.53. The number of ketones is 4. The van der Waals surface area contributed by atoms with Crippen molar-refractivity contribution in [3.8, 4) is 5.75 Å². The van der Waals surface area contributed by atoms with Crippen molar-refractivity contribution in [1.82, 2.24) is 4.90 Å². The van der Waals surface area contributed by atoms with Crippen molar-refractivity contribution in [3.63, 3.8) is 0 Å². The normalized spacial score (nSPS) is 39.5. The lowest BCUT2D eigenvalue weighted by Crippen LogP contribution is -2.78. The van der Waals surface area contributed by atoms with Crippen LogP contribution >= 0.6 is 0 Å². The second kappa shape index (κ2) is 7.53. The number of phenols is 1. The average Bonchev–Trinajstić information content (AvgIpc) is 2.76. The van der Waals surface area contributed by atoms with Crippen LogP contribution in [0.1, 0.15) is 36.2 Å². The Balaban J connectivity index is 2.03. The number of Topliss-reactive ketones (excluding diaryl/α,β-unsaturated/α-hetero) is 4. The lowest BCUT2D eigenvalue weighted by molar-refractivity contribution is -0.199. The van der Waals surface area contributed by atoms with Crippen LogP contribution in [0.15, 0.2) is 18.2 Å². The van der Waals surface area contributed by atoms with Crippen LogP contribution in [0.2, 0.25) is 0 Å². The SMILES string of the molecule is CCC1(C)c2cccc(O)c2C(=O)C2C(=O)[C@]3(O)C(=O)C(C(N)=O)C(=O)C(N(C)C)[C@@H]3[C@@H](O)[C@@H]21. The number of fused-ring (bicyclic) bond motifs is 3. The molecule has 0 aromatic heterocycles. The van der Waals surface area contributed by atoms with Crippen molar-refractivity contribution in [1.29, 1.82) is 0 Å². The Morgan fingerprint density at radius 1 is 1.12 bits per heavy atom. The maximum Gasteiger partial charge on any atom is 0.235 e. The molecule has 3 aliphatic rings. The zero-order valence-corrected chi connectivity index (χ0v) is 19.3. The Morgan fingerprint density at radius 3 is 2.26 bits per heavy atom. The molecule has 34 heavy (non-hydrogen) atoms. The van der Waals surface area contributed by atoms with Crippen LogP contribution in [0.5, 0.6) is 5.75 Å². The van der Waals surface area contributed by atoms with Gasteiger partial charge in [0.05, 0.1) is 29.5 Å². The van der Waals surface area contributed by atoms with E-state index >= 15 is 0 Å². The highest BCUT2D eigenvalue weighted by molar-refractivity contribution is 6.32. The summed E-state index contributed by atoms with van der Waals surface area (Å²) >= 11 is 0. The number of primary amides is 1. The van der Waals surface area contributed by atoms with Crippen LogP contribution in [-0.4, -0.2) is 81.1 Å². The average molecular weight is 472 g/mol.